The zero-order valence-corrected chi connectivity index (χ0v) is 9.28. The number of hydrogen-bond donors (Lipinski definition) is 0. The lowest BCUT2D eigenvalue weighted by Crippen LogP contribution is -2.18. The van der Waals surface area contributed by atoms with Crippen molar-refractivity contribution in [2.24, 2.45) is 0 Å². The van der Waals surface area contributed by atoms with Crippen molar-refractivity contribution >= 4 is 0 Å². The van der Waals surface area contributed by atoms with Crippen LogP contribution in [0.2, 0.25) is 0 Å². The van der Waals surface area contributed by atoms with E-state index in [9.17, 15) is 8.78 Å². The van der Waals surface area contributed by atoms with E-state index in [-0.39, 0.29) is 5.75 Å². The Balaban J connectivity index is 2.19. The molecular formula is C11H10F2N2O2. The lowest BCUT2D eigenvalue weighted by Gasteiger charge is -2.12. The number of nitrogens with zero attached hydrogens (tertiary/aromatic N) is 2. The summed E-state index contributed by atoms with van der Waals surface area (Å²) in [5, 5.41) is 3.64. The summed E-state index contributed by atoms with van der Waals surface area (Å²) in [5.41, 5.74) is 0.650. The zero-order valence-electron chi connectivity index (χ0n) is 9.28. The van der Waals surface area contributed by atoms with Gasteiger partial charge in [-0.3, -0.25) is 0 Å². The third-order valence-corrected chi connectivity index (χ3v) is 1.93. The Hall–Kier alpha value is -1.98. The summed E-state index contributed by atoms with van der Waals surface area (Å²) < 4.78 is 34.5. The molecule has 2 aromatic rings. The van der Waals surface area contributed by atoms with Gasteiger partial charge in [-0.25, -0.2) is 0 Å². The minimum absolute atomic E-state index is 0.0810. The van der Waals surface area contributed by atoms with Crippen molar-refractivity contribution in [3.05, 3.63) is 30.1 Å². The summed E-state index contributed by atoms with van der Waals surface area (Å²) in [6.45, 7) is 2.38. The second kappa shape index (κ2) is 4.12. The molecule has 1 aromatic carbocycles. The Labute approximate surface area is 96.2 Å². The van der Waals surface area contributed by atoms with Crippen molar-refractivity contribution in [1.82, 2.24) is 10.1 Å². The molecule has 1 heterocycles. The van der Waals surface area contributed by atoms with Crippen molar-refractivity contribution in [2.45, 2.75) is 20.0 Å². The smallest absolute Gasteiger partial charge is 0.394 e. The highest BCUT2D eigenvalue weighted by Gasteiger charge is 2.23. The first-order valence-electron chi connectivity index (χ1n) is 4.92. The van der Waals surface area contributed by atoms with Gasteiger partial charge in [-0.2, -0.15) is 13.8 Å². The number of ether oxygens (including phenoxy) is 1. The molecule has 0 aliphatic rings. The normalized spacial score (nSPS) is 11.5. The molecule has 90 valence electrons. The lowest BCUT2D eigenvalue weighted by molar-refractivity contribution is -0.158. The molecule has 6 heteroatoms. The average Bonchev–Trinajstić information content (AvgIpc) is 2.63. The summed E-state index contributed by atoms with van der Waals surface area (Å²) in [6.07, 6.45) is -3.19. The standard InChI is InChI=1S/C11H10F2N2O2/c1-7-14-10(17-15-7)8-3-5-9(6-4-8)16-11(2,12)13/h3-6H,1-2H3. The van der Waals surface area contributed by atoms with Crippen molar-refractivity contribution in [1.29, 1.82) is 0 Å². The first kappa shape index (κ1) is 11.5. The molecule has 2 rings (SSSR count). The number of rotatable bonds is 3. The second-order valence-electron chi connectivity index (χ2n) is 3.58. The Morgan fingerprint density at radius 2 is 1.88 bits per heavy atom. The Bertz CT molecular complexity index is 503. The van der Waals surface area contributed by atoms with Crippen LogP contribution in [0.3, 0.4) is 0 Å². The molecule has 0 bridgehead atoms. The number of hydrogen-bond acceptors (Lipinski definition) is 4. The number of aromatic nitrogens is 2. The van der Waals surface area contributed by atoms with Gasteiger partial charge in [0, 0.05) is 12.5 Å². The van der Waals surface area contributed by atoms with E-state index in [0.29, 0.717) is 24.2 Å². The van der Waals surface area contributed by atoms with Crippen LogP contribution in [0.15, 0.2) is 28.8 Å². The molecular weight excluding hydrogens is 230 g/mol. The van der Waals surface area contributed by atoms with Crippen molar-refractivity contribution in [3.63, 3.8) is 0 Å². The minimum Gasteiger partial charge on any atom is -0.433 e. The number of benzene rings is 1. The van der Waals surface area contributed by atoms with Crippen LogP contribution in [0.4, 0.5) is 8.78 Å². The van der Waals surface area contributed by atoms with Crippen LogP contribution in [-0.4, -0.2) is 16.2 Å². The van der Waals surface area contributed by atoms with E-state index in [1.165, 1.54) is 12.1 Å². The lowest BCUT2D eigenvalue weighted by atomic mass is 10.2. The molecule has 0 spiro atoms. The van der Waals surface area contributed by atoms with Crippen molar-refractivity contribution in [3.8, 4) is 17.2 Å². The van der Waals surface area contributed by atoms with Gasteiger partial charge in [0.1, 0.15) is 5.75 Å². The third-order valence-electron chi connectivity index (χ3n) is 1.93. The van der Waals surface area contributed by atoms with Crippen molar-refractivity contribution < 1.29 is 18.0 Å². The summed E-state index contributed by atoms with van der Waals surface area (Å²) in [7, 11) is 0. The van der Waals surface area contributed by atoms with E-state index < -0.39 is 6.11 Å². The van der Waals surface area contributed by atoms with Gasteiger partial charge >= 0.3 is 6.11 Å². The fourth-order valence-corrected chi connectivity index (χ4v) is 1.29. The topological polar surface area (TPSA) is 48.2 Å². The quantitative estimate of drug-likeness (QED) is 0.827. The van der Waals surface area contributed by atoms with Gasteiger partial charge in [0.05, 0.1) is 0 Å². The molecule has 0 N–H and O–H groups in total. The molecule has 4 nitrogen and oxygen atoms in total. The largest absolute Gasteiger partial charge is 0.433 e. The van der Waals surface area contributed by atoms with Gasteiger partial charge in [0.15, 0.2) is 5.82 Å². The monoisotopic (exact) mass is 240 g/mol. The van der Waals surface area contributed by atoms with Gasteiger partial charge in [-0.15, -0.1) is 0 Å². The number of aryl methyl sites for hydroxylation is 1. The Kier molecular flexibility index (Phi) is 2.79. The van der Waals surface area contributed by atoms with Crippen LogP contribution in [0, 0.1) is 6.92 Å². The maximum atomic E-state index is 12.6. The molecule has 0 unspecified atom stereocenters. The Morgan fingerprint density at radius 3 is 2.35 bits per heavy atom. The number of alkyl halides is 2. The van der Waals surface area contributed by atoms with Gasteiger partial charge in [0.25, 0.3) is 5.89 Å². The van der Waals surface area contributed by atoms with Gasteiger partial charge in [-0.05, 0) is 31.2 Å². The molecule has 17 heavy (non-hydrogen) atoms. The van der Waals surface area contributed by atoms with Gasteiger partial charge < -0.3 is 9.26 Å². The highest BCUT2D eigenvalue weighted by molar-refractivity contribution is 5.54. The van der Waals surface area contributed by atoms with Crippen LogP contribution < -0.4 is 4.74 Å². The first-order valence-corrected chi connectivity index (χ1v) is 4.92. The van der Waals surface area contributed by atoms with E-state index in [0.717, 1.165) is 0 Å². The predicted octanol–water partition coefficient (Wildman–Crippen LogP) is 3.04. The van der Waals surface area contributed by atoms with E-state index in [4.69, 9.17) is 4.52 Å². The second-order valence-corrected chi connectivity index (χ2v) is 3.58. The first-order chi connectivity index (χ1) is 7.94. The molecule has 0 aliphatic heterocycles. The summed E-state index contributed by atoms with van der Waals surface area (Å²) in [6, 6.07) is 6.00. The maximum Gasteiger partial charge on any atom is 0.394 e. The molecule has 0 saturated heterocycles. The molecule has 0 saturated carbocycles. The summed E-state index contributed by atoms with van der Waals surface area (Å²) >= 11 is 0. The number of halogens is 2. The molecule has 1 aromatic heterocycles. The molecule has 0 fully saturated rings. The fraction of sp³-hybridized carbons (Fsp3) is 0.273. The molecule has 0 radical (unpaired) electrons. The fourth-order valence-electron chi connectivity index (χ4n) is 1.29. The van der Waals surface area contributed by atoms with E-state index in [1.54, 1.807) is 19.1 Å². The molecule has 0 amide bonds. The highest BCUT2D eigenvalue weighted by atomic mass is 19.3. The molecule has 0 atom stereocenters. The minimum atomic E-state index is -3.19. The SMILES string of the molecule is Cc1noc(-c2ccc(OC(C)(F)F)cc2)n1. The molecule has 0 aliphatic carbocycles. The Morgan fingerprint density at radius 1 is 1.24 bits per heavy atom. The maximum absolute atomic E-state index is 12.6. The van der Waals surface area contributed by atoms with Crippen LogP contribution in [0.1, 0.15) is 12.7 Å². The highest BCUT2D eigenvalue weighted by Crippen LogP contribution is 2.24. The van der Waals surface area contributed by atoms with Crippen LogP contribution in [-0.2, 0) is 0 Å². The van der Waals surface area contributed by atoms with Crippen molar-refractivity contribution in [2.75, 3.05) is 0 Å². The average molecular weight is 240 g/mol. The van der Waals surface area contributed by atoms with E-state index in [1.807, 2.05) is 0 Å². The van der Waals surface area contributed by atoms with Crippen LogP contribution in [0.25, 0.3) is 11.5 Å². The zero-order chi connectivity index (χ0) is 12.5. The van der Waals surface area contributed by atoms with Gasteiger partial charge in [-0.1, -0.05) is 5.16 Å². The predicted molar refractivity (Wildman–Crippen MR) is 55.7 cm³/mol. The summed E-state index contributed by atoms with van der Waals surface area (Å²) in [4.78, 5) is 4.02. The van der Waals surface area contributed by atoms with E-state index in [2.05, 4.69) is 14.9 Å². The van der Waals surface area contributed by atoms with E-state index >= 15 is 0 Å². The van der Waals surface area contributed by atoms with Crippen LogP contribution >= 0.6 is 0 Å². The summed E-state index contributed by atoms with van der Waals surface area (Å²) in [5.74, 6) is 0.940. The third kappa shape index (κ3) is 2.99. The van der Waals surface area contributed by atoms with Crippen LogP contribution in [0.5, 0.6) is 5.75 Å². The van der Waals surface area contributed by atoms with Gasteiger partial charge in [0.2, 0.25) is 0 Å².